The normalized spacial score (nSPS) is 11.5. The van der Waals surface area contributed by atoms with Gasteiger partial charge in [0.15, 0.2) is 6.10 Å². The van der Waals surface area contributed by atoms with Crippen LogP contribution in [0, 0.1) is 13.8 Å². The summed E-state index contributed by atoms with van der Waals surface area (Å²) < 4.78 is 11.5. The van der Waals surface area contributed by atoms with E-state index in [0.29, 0.717) is 18.0 Å². The second-order valence-corrected chi connectivity index (χ2v) is 6.87. The molecule has 1 atom stereocenters. The molecular formula is C24H25NO3. The van der Waals surface area contributed by atoms with Crippen LogP contribution in [0.1, 0.15) is 23.6 Å². The quantitative estimate of drug-likeness (QED) is 0.610. The molecule has 0 aromatic heterocycles. The number of rotatable bonds is 7. The monoisotopic (exact) mass is 375 g/mol. The zero-order chi connectivity index (χ0) is 19.9. The van der Waals surface area contributed by atoms with Crippen LogP contribution in [-0.2, 0) is 11.4 Å². The smallest absolute Gasteiger partial charge is 0.265 e. The van der Waals surface area contributed by atoms with Crippen LogP contribution in [0.4, 0.5) is 5.69 Å². The number of carbonyl (C=O) groups is 1. The zero-order valence-corrected chi connectivity index (χ0v) is 16.4. The Kier molecular flexibility index (Phi) is 6.33. The molecule has 1 amide bonds. The van der Waals surface area contributed by atoms with E-state index < -0.39 is 6.10 Å². The van der Waals surface area contributed by atoms with Crippen molar-refractivity contribution in [3.63, 3.8) is 0 Å². The second-order valence-electron chi connectivity index (χ2n) is 6.87. The number of hydrogen-bond acceptors (Lipinski definition) is 3. The largest absolute Gasteiger partial charge is 0.489 e. The van der Waals surface area contributed by atoms with Gasteiger partial charge in [0.25, 0.3) is 5.91 Å². The minimum atomic E-state index is -0.602. The summed E-state index contributed by atoms with van der Waals surface area (Å²) in [6, 6.07) is 23.2. The molecule has 3 aromatic rings. The van der Waals surface area contributed by atoms with Gasteiger partial charge in [0.05, 0.1) is 0 Å². The van der Waals surface area contributed by atoms with Gasteiger partial charge >= 0.3 is 0 Å². The van der Waals surface area contributed by atoms with E-state index in [-0.39, 0.29) is 5.91 Å². The van der Waals surface area contributed by atoms with Gasteiger partial charge in [0.2, 0.25) is 0 Å². The third-order valence-electron chi connectivity index (χ3n) is 4.25. The van der Waals surface area contributed by atoms with Gasteiger partial charge in [-0.2, -0.15) is 0 Å². The highest BCUT2D eigenvalue weighted by Crippen LogP contribution is 2.20. The first kappa shape index (κ1) is 19.5. The van der Waals surface area contributed by atoms with Crippen LogP contribution in [0.3, 0.4) is 0 Å². The van der Waals surface area contributed by atoms with Crippen LogP contribution >= 0.6 is 0 Å². The first-order valence-corrected chi connectivity index (χ1v) is 9.32. The third-order valence-corrected chi connectivity index (χ3v) is 4.25. The SMILES string of the molecule is Cc1cc(C)cc(O[C@H](C)C(=O)Nc2ccc(OCc3ccccc3)cc2)c1. The summed E-state index contributed by atoms with van der Waals surface area (Å²) >= 11 is 0. The van der Waals surface area contributed by atoms with Gasteiger partial charge in [-0.15, -0.1) is 0 Å². The van der Waals surface area contributed by atoms with Crippen molar-refractivity contribution in [1.29, 1.82) is 0 Å². The second kappa shape index (κ2) is 9.09. The van der Waals surface area contributed by atoms with Crippen LogP contribution in [0.25, 0.3) is 0 Å². The lowest BCUT2D eigenvalue weighted by molar-refractivity contribution is -0.122. The highest BCUT2D eigenvalue weighted by molar-refractivity contribution is 5.94. The predicted molar refractivity (Wildman–Crippen MR) is 112 cm³/mol. The molecule has 3 rings (SSSR count). The van der Waals surface area contributed by atoms with Crippen molar-refractivity contribution in [3.05, 3.63) is 89.5 Å². The topological polar surface area (TPSA) is 47.6 Å². The minimum Gasteiger partial charge on any atom is -0.489 e. The van der Waals surface area contributed by atoms with E-state index in [2.05, 4.69) is 11.4 Å². The van der Waals surface area contributed by atoms with E-state index in [1.807, 2.05) is 80.6 Å². The van der Waals surface area contributed by atoms with Crippen molar-refractivity contribution in [2.24, 2.45) is 0 Å². The van der Waals surface area contributed by atoms with E-state index >= 15 is 0 Å². The number of hydrogen-bond donors (Lipinski definition) is 1. The van der Waals surface area contributed by atoms with Crippen molar-refractivity contribution in [1.82, 2.24) is 0 Å². The first-order valence-electron chi connectivity index (χ1n) is 9.32. The Morgan fingerprint density at radius 2 is 1.54 bits per heavy atom. The summed E-state index contributed by atoms with van der Waals surface area (Å²) in [5, 5.41) is 2.87. The van der Waals surface area contributed by atoms with E-state index in [0.717, 1.165) is 22.4 Å². The summed E-state index contributed by atoms with van der Waals surface area (Å²) in [5.74, 6) is 1.25. The average molecular weight is 375 g/mol. The molecule has 1 N–H and O–H groups in total. The molecule has 144 valence electrons. The molecule has 0 spiro atoms. The summed E-state index contributed by atoms with van der Waals surface area (Å²) in [6.07, 6.45) is -0.602. The summed E-state index contributed by atoms with van der Waals surface area (Å²) in [5.41, 5.74) is 4.02. The maximum Gasteiger partial charge on any atom is 0.265 e. The van der Waals surface area contributed by atoms with Gasteiger partial charge in [0.1, 0.15) is 18.1 Å². The minimum absolute atomic E-state index is 0.197. The molecule has 28 heavy (non-hydrogen) atoms. The molecule has 0 unspecified atom stereocenters. The fourth-order valence-corrected chi connectivity index (χ4v) is 2.88. The highest BCUT2D eigenvalue weighted by atomic mass is 16.5. The Morgan fingerprint density at radius 3 is 2.18 bits per heavy atom. The fraction of sp³-hybridized carbons (Fsp3) is 0.208. The molecule has 0 heterocycles. The van der Waals surface area contributed by atoms with Crippen molar-refractivity contribution >= 4 is 11.6 Å². The van der Waals surface area contributed by atoms with Gasteiger partial charge in [-0.1, -0.05) is 36.4 Å². The molecule has 0 aliphatic rings. The first-order chi connectivity index (χ1) is 13.5. The molecule has 0 aliphatic carbocycles. The maximum atomic E-state index is 12.4. The van der Waals surface area contributed by atoms with E-state index in [1.165, 1.54) is 0 Å². The molecule has 4 heteroatoms. The van der Waals surface area contributed by atoms with Crippen molar-refractivity contribution in [2.45, 2.75) is 33.5 Å². The van der Waals surface area contributed by atoms with E-state index in [4.69, 9.17) is 9.47 Å². The molecule has 0 saturated carbocycles. The predicted octanol–water partition coefficient (Wildman–Crippen LogP) is 5.29. The van der Waals surface area contributed by atoms with Crippen LogP contribution in [-0.4, -0.2) is 12.0 Å². The van der Waals surface area contributed by atoms with E-state index in [1.54, 1.807) is 6.92 Å². The summed E-state index contributed by atoms with van der Waals surface area (Å²) in [4.78, 5) is 12.4. The average Bonchev–Trinajstić information content (AvgIpc) is 2.67. The molecular weight excluding hydrogens is 350 g/mol. The van der Waals surface area contributed by atoms with Crippen molar-refractivity contribution < 1.29 is 14.3 Å². The highest BCUT2D eigenvalue weighted by Gasteiger charge is 2.15. The molecule has 0 radical (unpaired) electrons. The number of carbonyl (C=O) groups excluding carboxylic acids is 1. The van der Waals surface area contributed by atoms with E-state index in [9.17, 15) is 4.79 Å². The molecule has 0 aliphatic heterocycles. The molecule has 0 saturated heterocycles. The number of nitrogens with one attached hydrogen (secondary N) is 1. The van der Waals surface area contributed by atoms with Gasteiger partial charge < -0.3 is 14.8 Å². The fourth-order valence-electron chi connectivity index (χ4n) is 2.88. The van der Waals surface area contributed by atoms with Crippen LogP contribution < -0.4 is 14.8 Å². The van der Waals surface area contributed by atoms with Gasteiger partial charge in [-0.3, -0.25) is 4.79 Å². The van der Waals surface area contributed by atoms with Gasteiger partial charge in [0, 0.05) is 5.69 Å². The van der Waals surface area contributed by atoms with Crippen molar-refractivity contribution in [3.8, 4) is 11.5 Å². The Labute approximate surface area is 166 Å². The lowest BCUT2D eigenvalue weighted by Gasteiger charge is -2.16. The van der Waals surface area contributed by atoms with Gasteiger partial charge in [-0.05, 0) is 73.9 Å². The molecule has 0 fully saturated rings. The molecule has 3 aromatic carbocycles. The summed E-state index contributed by atoms with van der Waals surface area (Å²) in [7, 11) is 0. The molecule has 0 bridgehead atoms. The molecule has 4 nitrogen and oxygen atoms in total. The number of ether oxygens (including phenoxy) is 2. The Morgan fingerprint density at radius 1 is 0.893 bits per heavy atom. The number of aryl methyl sites for hydroxylation is 2. The lowest BCUT2D eigenvalue weighted by atomic mass is 10.1. The Bertz CT molecular complexity index is 900. The van der Waals surface area contributed by atoms with Crippen LogP contribution in [0.15, 0.2) is 72.8 Å². The number of anilines is 1. The Balaban J connectivity index is 1.53. The third kappa shape index (κ3) is 5.61. The van der Waals surface area contributed by atoms with Crippen LogP contribution in [0.2, 0.25) is 0 Å². The van der Waals surface area contributed by atoms with Gasteiger partial charge in [-0.25, -0.2) is 0 Å². The van der Waals surface area contributed by atoms with Crippen molar-refractivity contribution in [2.75, 3.05) is 5.32 Å². The Hall–Kier alpha value is -3.27. The summed E-state index contributed by atoms with van der Waals surface area (Å²) in [6.45, 7) is 6.26. The zero-order valence-electron chi connectivity index (χ0n) is 16.4. The standard InChI is InChI=1S/C24H25NO3/c1-17-13-18(2)15-23(14-17)28-19(3)24(26)25-21-9-11-22(12-10-21)27-16-20-7-5-4-6-8-20/h4-15,19H,16H2,1-3H3,(H,25,26)/t19-/m1/s1. The lowest BCUT2D eigenvalue weighted by Crippen LogP contribution is -2.30. The maximum absolute atomic E-state index is 12.4. The number of amides is 1. The van der Waals surface area contributed by atoms with Crippen LogP contribution in [0.5, 0.6) is 11.5 Å². The number of benzene rings is 3.